The molecule has 0 aliphatic carbocycles. The maximum absolute atomic E-state index is 12.9. The van der Waals surface area contributed by atoms with Gasteiger partial charge in [0.25, 0.3) is 5.91 Å². The van der Waals surface area contributed by atoms with Gasteiger partial charge in [0.15, 0.2) is 0 Å². The van der Waals surface area contributed by atoms with Crippen molar-refractivity contribution in [1.82, 2.24) is 9.47 Å². The van der Waals surface area contributed by atoms with Crippen molar-refractivity contribution in [3.63, 3.8) is 0 Å². The average molecular weight is 388 g/mol. The fraction of sp³-hybridized carbons (Fsp3) is 0.158. The van der Waals surface area contributed by atoms with Gasteiger partial charge in [0.1, 0.15) is 23.0 Å². The lowest BCUT2D eigenvalue weighted by Crippen LogP contribution is -2.27. The van der Waals surface area contributed by atoms with E-state index < -0.39 is 0 Å². The van der Waals surface area contributed by atoms with Crippen molar-refractivity contribution in [3.05, 3.63) is 75.2 Å². The summed E-state index contributed by atoms with van der Waals surface area (Å²) in [6.07, 6.45) is 3.51. The van der Waals surface area contributed by atoms with Crippen molar-refractivity contribution in [2.45, 2.75) is 13.5 Å². The van der Waals surface area contributed by atoms with Gasteiger partial charge in [-0.2, -0.15) is 5.26 Å². The minimum atomic E-state index is -0.313. The Hall–Kier alpha value is -2.68. The van der Waals surface area contributed by atoms with Gasteiger partial charge >= 0.3 is 0 Å². The first-order chi connectivity index (χ1) is 12.4. The topological polar surface area (TPSA) is 62.2 Å². The van der Waals surface area contributed by atoms with Crippen LogP contribution in [0.15, 0.2) is 47.1 Å². The van der Waals surface area contributed by atoms with E-state index in [4.69, 9.17) is 27.6 Å². The molecule has 1 amide bonds. The number of aryl methyl sites for hydroxylation is 1. The molecule has 0 saturated heterocycles. The van der Waals surface area contributed by atoms with Crippen molar-refractivity contribution < 1.29 is 9.21 Å². The van der Waals surface area contributed by atoms with E-state index in [0.29, 0.717) is 21.7 Å². The molecular formula is C19H15Cl2N3O2. The van der Waals surface area contributed by atoms with E-state index in [1.807, 2.05) is 12.1 Å². The Kier molecular flexibility index (Phi) is 5.08. The second-order valence-electron chi connectivity index (χ2n) is 5.81. The van der Waals surface area contributed by atoms with Crippen LogP contribution in [0, 0.1) is 18.3 Å². The SMILES string of the molecule is Cc1oc(-n2cccc2)c(C#N)c1C(=O)N(C)Cc1ccc(Cl)cc1Cl. The van der Waals surface area contributed by atoms with E-state index in [1.165, 1.54) is 4.90 Å². The molecule has 0 bridgehead atoms. The van der Waals surface area contributed by atoms with Gasteiger partial charge in [0, 0.05) is 36.0 Å². The summed E-state index contributed by atoms with van der Waals surface area (Å²) in [6.45, 7) is 1.95. The van der Waals surface area contributed by atoms with Crippen molar-refractivity contribution >= 4 is 29.1 Å². The van der Waals surface area contributed by atoms with Crippen LogP contribution in [0.4, 0.5) is 0 Å². The summed E-state index contributed by atoms with van der Waals surface area (Å²) in [6, 6.07) is 10.8. The second kappa shape index (κ2) is 7.28. The van der Waals surface area contributed by atoms with Gasteiger partial charge in [0.05, 0.1) is 0 Å². The number of nitriles is 1. The van der Waals surface area contributed by atoms with Gasteiger partial charge in [-0.3, -0.25) is 9.36 Å². The monoisotopic (exact) mass is 387 g/mol. The zero-order valence-electron chi connectivity index (χ0n) is 14.2. The lowest BCUT2D eigenvalue weighted by atomic mass is 10.1. The van der Waals surface area contributed by atoms with Crippen LogP contribution in [0.3, 0.4) is 0 Å². The molecule has 0 unspecified atom stereocenters. The number of amides is 1. The van der Waals surface area contributed by atoms with Gasteiger partial charge < -0.3 is 9.32 Å². The fourth-order valence-corrected chi connectivity index (χ4v) is 3.18. The Balaban J connectivity index is 1.93. The van der Waals surface area contributed by atoms with E-state index in [9.17, 15) is 10.1 Å². The third kappa shape index (κ3) is 3.34. The summed E-state index contributed by atoms with van der Waals surface area (Å²) in [7, 11) is 1.65. The Labute approximate surface area is 161 Å². The second-order valence-corrected chi connectivity index (χ2v) is 6.66. The number of furan rings is 1. The number of carbonyl (C=O) groups excluding carboxylic acids is 1. The molecule has 5 nitrogen and oxygen atoms in total. The molecule has 26 heavy (non-hydrogen) atoms. The number of carbonyl (C=O) groups is 1. The van der Waals surface area contributed by atoms with Crippen LogP contribution < -0.4 is 0 Å². The van der Waals surface area contributed by atoms with Gasteiger partial charge in [-0.15, -0.1) is 0 Å². The highest BCUT2D eigenvalue weighted by Gasteiger charge is 2.27. The highest BCUT2D eigenvalue weighted by atomic mass is 35.5. The van der Waals surface area contributed by atoms with Gasteiger partial charge in [-0.25, -0.2) is 0 Å². The number of halogens is 2. The van der Waals surface area contributed by atoms with Crippen LogP contribution in [0.5, 0.6) is 0 Å². The van der Waals surface area contributed by atoms with E-state index >= 15 is 0 Å². The molecule has 3 aromatic rings. The number of benzene rings is 1. The number of aromatic nitrogens is 1. The number of hydrogen-bond donors (Lipinski definition) is 0. The Morgan fingerprint density at radius 2 is 2.00 bits per heavy atom. The number of hydrogen-bond acceptors (Lipinski definition) is 3. The smallest absolute Gasteiger partial charge is 0.258 e. The minimum absolute atomic E-state index is 0.206. The summed E-state index contributed by atoms with van der Waals surface area (Å²) >= 11 is 12.1. The van der Waals surface area contributed by atoms with Crippen molar-refractivity contribution in [3.8, 4) is 12.0 Å². The highest BCUT2D eigenvalue weighted by molar-refractivity contribution is 6.35. The van der Waals surface area contributed by atoms with Crippen LogP contribution in [-0.2, 0) is 6.54 Å². The molecule has 0 saturated carbocycles. The largest absolute Gasteiger partial charge is 0.443 e. The first kappa shape index (κ1) is 18.1. The predicted molar refractivity (Wildman–Crippen MR) is 99.7 cm³/mol. The third-order valence-electron chi connectivity index (χ3n) is 4.00. The molecule has 0 aliphatic rings. The number of nitrogens with zero attached hydrogens (tertiary/aromatic N) is 3. The average Bonchev–Trinajstić information content (AvgIpc) is 3.23. The molecule has 0 spiro atoms. The van der Waals surface area contributed by atoms with Crippen LogP contribution >= 0.6 is 23.2 Å². The van der Waals surface area contributed by atoms with Gasteiger partial charge in [-0.05, 0) is 36.8 Å². The van der Waals surface area contributed by atoms with E-state index in [0.717, 1.165) is 5.56 Å². The molecule has 2 heterocycles. The summed E-state index contributed by atoms with van der Waals surface area (Å²) < 4.78 is 7.36. The van der Waals surface area contributed by atoms with Crippen LogP contribution in [-0.4, -0.2) is 22.4 Å². The molecule has 132 valence electrons. The summed E-state index contributed by atoms with van der Waals surface area (Å²) in [5, 5.41) is 10.6. The zero-order chi connectivity index (χ0) is 18.8. The Bertz CT molecular complexity index is 1000. The first-order valence-corrected chi connectivity index (χ1v) is 8.54. The lowest BCUT2D eigenvalue weighted by Gasteiger charge is -2.18. The van der Waals surface area contributed by atoms with Gasteiger partial charge in [0.2, 0.25) is 5.88 Å². The fourth-order valence-electron chi connectivity index (χ4n) is 2.71. The zero-order valence-corrected chi connectivity index (χ0v) is 15.7. The summed E-state index contributed by atoms with van der Waals surface area (Å²) in [5.74, 6) is 0.410. The van der Waals surface area contributed by atoms with Crippen LogP contribution in [0.2, 0.25) is 10.0 Å². The maximum Gasteiger partial charge on any atom is 0.258 e. The molecule has 3 rings (SSSR count). The van der Waals surface area contributed by atoms with Crippen molar-refractivity contribution in [2.75, 3.05) is 7.05 Å². The molecular weight excluding hydrogens is 373 g/mol. The molecule has 7 heteroatoms. The third-order valence-corrected chi connectivity index (χ3v) is 4.59. The molecule has 0 fully saturated rings. The standard InChI is InChI=1S/C19H15Cl2N3O2/c1-12-17(15(10-22)19(26-12)24-7-3-4-8-24)18(25)23(2)11-13-5-6-14(20)9-16(13)21/h3-9H,11H2,1-2H3. The quantitative estimate of drug-likeness (QED) is 0.643. The van der Waals surface area contributed by atoms with Crippen LogP contribution in [0.25, 0.3) is 5.88 Å². The predicted octanol–water partition coefficient (Wildman–Crippen LogP) is 4.83. The Morgan fingerprint density at radius 3 is 2.62 bits per heavy atom. The molecule has 1 aromatic carbocycles. The lowest BCUT2D eigenvalue weighted by molar-refractivity contribution is 0.0783. The van der Waals surface area contributed by atoms with E-state index in [1.54, 1.807) is 49.1 Å². The maximum atomic E-state index is 12.9. The number of rotatable bonds is 4. The molecule has 2 aromatic heterocycles. The first-order valence-electron chi connectivity index (χ1n) is 7.78. The normalized spacial score (nSPS) is 10.6. The minimum Gasteiger partial charge on any atom is -0.443 e. The van der Waals surface area contributed by atoms with Crippen molar-refractivity contribution in [2.24, 2.45) is 0 Å². The summed E-state index contributed by atoms with van der Waals surface area (Å²) in [4.78, 5) is 14.4. The van der Waals surface area contributed by atoms with Crippen molar-refractivity contribution in [1.29, 1.82) is 5.26 Å². The van der Waals surface area contributed by atoms with Gasteiger partial charge in [-0.1, -0.05) is 29.3 Å². The Morgan fingerprint density at radius 1 is 1.31 bits per heavy atom. The molecule has 0 N–H and O–H groups in total. The van der Waals surface area contributed by atoms with E-state index in [-0.39, 0.29) is 23.6 Å². The summed E-state index contributed by atoms with van der Waals surface area (Å²) in [5.41, 5.74) is 1.22. The highest BCUT2D eigenvalue weighted by Crippen LogP contribution is 2.28. The molecule has 0 radical (unpaired) electrons. The molecule has 0 atom stereocenters. The van der Waals surface area contributed by atoms with Crippen LogP contribution in [0.1, 0.15) is 27.2 Å². The molecule has 0 aliphatic heterocycles. The van der Waals surface area contributed by atoms with E-state index in [2.05, 4.69) is 6.07 Å².